The summed E-state index contributed by atoms with van der Waals surface area (Å²) in [6.45, 7) is 11.3. The molecule has 1 unspecified atom stereocenters. The first-order valence-corrected chi connectivity index (χ1v) is 6.62. The van der Waals surface area contributed by atoms with Gasteiger partial charge in [-0.25, -0.2) is 4.79 Å². The maximum Gasteiger partial charge on any atom is 0.384 e. The maximum absolute atomic E-state index is 10.9. The molecule has 0 spiro atoms. The number of esters is 1. The number of hydrogen-bond donors (Lipinski definition) is 0. The van der Waals surface area contributed by atoms with Crippen LogP contribution in [0.2, 0.25) is 0 Å². The van der Waals surface area contributed by atoms with Crippen LogP contribution in [0.4, 0.5) is 0 Å². The van der Waals surface area contributed by atoms with Crippen molar-refractivity contribution in [2.45, 2.75) is 40.0 Å². The molecule has 0 aliphatic carbocycles. The topological polar surface area (TPSA) is 26.3 Å². The zero-order chi connectivity index (χ0) is 13.1. The van der Waals surface area contributed by atoms with Crippen LogP contribution in [-0.2, 0) is 9.53 Å². The molecule has 0 aliphatic rings. The second-order valence-electron chi connectivity index (χ2n) is 4.46. The minimum absolute atomic E-state index is 0.431. The summed E-state index contributed by atoms with van der Waals surface area (Å²) in [5.41, 5.74) is 0. The number of ether oxygens (including phenoxy) is 1. The first-order chi connectivity index (χ1) is 8.14. The van der Waals surface area contributed by atoms with Crippen molar-refractivity contribution in [2.75, 3.05) is 32.8 Å². The molecule has 0 saturated heterocycles. The summed E-state index contributed by atoms with van der Waals surface area (Å²) in [6.07, 6.45) is 8.54. The van der Waals surface area contributed by atoms with Crippen LogP contribution in [0.25, 0.3) is 0 Å². The summed E-state index contributed by atoms with van der Waals surface area (Å²) in [4.78, 5) is 10.9. The Morgan fingerprint density at radius 1 is 1.18 bits per heavy atom. The van der Waals surface area contributed by atoms with E-state index in [0.717, 1.165) is 37.1 Å². The average Bonchev–Trinajstić information content (AvgIpc) is 2.35. The van der Waals surface area contributed by atoms with E-state index in [0.29, 0.717) is 6.61 Å². The van der Waals surface area contributed by atoms with Gasteiger partial charge in [-0.3, -0.25) is 0 Å². The van der Waals surface area contributed by atoms with E-state index in [2.05, 4.69) is 20.8 Å². The molecule has 0 aromatic heterocycles. The third kappa shape index (κ3) is 6.33. The Balaban J connectivity index is 4.25. The van der Waals surface area contributed by atoms with Gasteiger partial charge in [-0.1, -0.05) is 20.3 Å². The van der Waals surface area contributed by atoms with E-state index in [1.807, 2.05) is 5.92 Å². The molecular weight excluding hydrogens is 214 g/mol. The van der Waals surface area contributed by atoms with Gasteiger partial charge in [0.1, 0.15) is 13.2 Å². The Kier molecular flexibility index (Phi) is 8.53. The standard InChI is InChI=1S/C14H26NO2/c1-5-9-11-15(8-4,10-6-2)12-13-17-14(16)7-3/h3H,5-6,8-13H2,1-2,4H3/q+1. The number of quaternary nitrogens is 1. The summed E-state index contributed by atoms with van der Waals surface area (Å²) in [6, 6.07) is 0. The predicted molar refractivity (Wildman–Crippen MR) is 70.4 cm³/mol. The van der Waals surface area contributed by atoms with Crippen LogP contribution in [0, 0.1) is 12.3 Å². The maximum atomic E-state index is 10.9. The zero-order valence-corrected chi connectivity index (χ0v) is 11.5. The minimum Gasteiger partial charge on any atom is -0.450 e. The van der Waals surface area contributed by atoms with Crippen molar-refractivity contribution in [3.05, 3.63) is 0 Å². The highest BCUT2D eigenvalue weighted by molar-refractivity contribution is 5.87. The lowest BCUT2D eigenvalue weighted by Gasteiger charge is -2.37. The lowest BCUT2D eigenvalue weighted by molar-refractivity contribution is -0.926. The summed E-state index contributed by atoms with van der Waals surface area (Å²) < 4.78 is 6.01. The van der Waals surface area contributed by atoms with Crippen LogP contribution in [0.3, 0.4) is 0 Å². The van der Waals surface area contributed by atoms with E-state index in [4.69, 9.17) is 11.2 Å². The highest BCUT2D eigenvalue weighted by Gasteiger charge is 2.23. The molecular formula is C14H26NO2+. The fourth-order valence-corrected chi connectivity index (χ4v) is 2.15. The number of carbonyl (C=O) groups is 1. The highest BCUT2D eigenvalue weighted by atomic mass is 16.5. The van der Waals surface area contributed by atoms with Gasteiger partial charge in [-0.2, -0.15) is 0 Å². The van der Waals surface area contributed by atoms with Crippen LogP contribution in [-0.4, -0.2) is 43.2 Å². The van der Waals surface area contributed by atoms with E-state index in [9.17, 15) is 4.79 Å². The third-order valence-corrected chi connectivity index (χ3v) is 3.27. The Hall–Kier alpha value is -1.01. The number of rotatable bonds is 9. The number of likely N-dealkylation sites (N-methyl/N-ethyl adjacent to an activating group) is 1. The Labute approximate surface area is 106 Å². The lowest BCUT2D eigenvalue weighted by atomic mass is 10.2. The molecule has 3 nitrogen and oxygen atoms in total. The number of unbranched alkanes of at least 4 members (excludes halogenated alkanes) is 1. The molecule has 0 aromatic rings. The number of nitrogens with zero attached hydrogens (tertiary/aromatic N) is 1. The zero-order valence-electron chi connectivity index (χ0n) is 11.5. The SMILES string of the molecule is C#CC(=O)OCC[N+](CC)(CCC)CCCC. The quantitative estimate of drug-likeness (QED) is 0.267. The molecule has 0 radical (unpaired) electrons. The van der Waals surface area contributed by atoms with E-state index >= 15 is 0 Å². The fourth-order valence-electron chi connectivity index (χ4n) is 2.15. The Bertz CT molecular complexity index is 257. The van der Waals surface area contributed by atoms with Crippen LogP contribution < -0.4 is 0 Å². The molecule has 0 rings (SSSR count). The molecule has 0 bridgehead atoms. The van der Waals surface area contributed by atoms with Gasteiger partial charge in [-0.15, -0.1) is 6.42 Å². The van der Waals surface area contributed by atoms with E-state index in [-0.39, 0.29) is 0 Å². The Morgan fingerprint density at radius 3 is 2.35 bits per heavy atom. The molecule has 3 heteroatoms. The van der Waals surface area contributed by atoms with Crippen LogP contribution >= 0.6 is 0 Å². The molecule has 0 N–H and O–H groups in total. The normalized spacial score (nSPS) is 13.8. The van der Waals surface area contributed by atoms with Crippen LogP contribution in [0.5, 0.6) is 0 Å². The second kappa shape index (κ2) is 9.07. The van der Waals surface area contributed by atoms with Gasteiger partial charge in [-0.05, 0) is 19.8 Å². The smallest absolute Gasteiger partial charge is 0.384 e. The molecule has 0 amide bonds. The summed E-state index contributed by atoms with van der Waals surface area (Å²) in [7, 11) is 0. The second-order valence-corrected chi connectivity index (χ2v) is 4.46. The lowest BCUT2D eigenvalue weighted by Crippen LogP contribution is -2.51. The van der Waals surface area contributed by atoms with Gasteiger partial charge in [0.05, 0.1) is 19.6 Å². The minimum atomic E-state index is -0.550. The van der Waals surface area contributed by atoms with Gasteiger partial charge in [0.2, 0.25) is 0 Å². The molecule has 1 atom stereocenters. The molecule has 0 fully saturated rings. The van der Waals surface area contributed by atoms with Crippen molar-refractivity contribution in [1.29, 1.82) is 0 Å². The van der Waals surface area contributed by atoms with Gasteiger partial charge < -0.3 is 9.22 Å². The monoisotopic (exact) mass is 240 g/mol. The van der Waals surface area contributed by atoms with Gasteiger partial charge in [0, 0.05) is 5.92 Å². The van der Waals surface area contributed by atoms with Gasteiger partial charge >= 0.3 is 5.97 Å². The first-order valence-electron chi connectivity index (χ1n) is 6.62. The molecule has 0 saturated carbocycles. The van der Waals surface area contributed by atoms with Crippen molar-refractivity contribution in [3.63, 3.8) is 0 Å². The largest absolute Gasteiger partial charge is 0.450 e. The van der Waals surface area contributed by atoms with Crippen molar-refractivity contribution < 1.29 is 14.0 Å². The molecule has 0 aliphatic heterocycles. The third-order valence-electron chi connectivity index (χ3n) is 3.27. The summed E-state index contributed by atoms with van der Waals surface area (Å²) in [5, 5.41) is 0. The number of carbonyl (C=O) groups excluding carboxylic acids is 1. The molecule has 98 valence electrons. The Morgan fingerprint density at radius 2 is 1.88 bits per heavy atom. The average molecular weight is 240 g/mol. The van der Waals surface area contributed by atoms with E-state index < -0.39 is 5.97 Å². The highest BCUT2D eigenvalue weighted by Crippen LogP contribution is 2.10. The first kappa shape index (κ1) is 16.0. The molecule has 0 heterocycles. The molecule has 17 heavy (non-hydrogen) atoms. The van der Waals surface area contributed by atoms with Crippen molar-refractivity contribution >= 4 is 5.97 Å². The van der Waals surface area contributed by atoms with Crippen molar-refractivity contribution in [2.24, 2.45) is 0 Å². The number of terminal acetylenes is 1. The van der Waals surface area contributed by atoms with E-state index in [1.165, 1.54) is 12.8 Å². The number of hydrogen-bond acceptors (Lipinski definition) is 2. The predicted octanol–water partition coefficient (Wildman–Crippen LogP) is 2.21. The summed E-state index contributed by atoms with van der Waals surface area (Å²) >= 11 is 0. The van der Waals surface area contributed by atoms with Gasteiger partial charge in [0.15, 0.2) is 0 Å². The summed E-state index contributed by atoms with van der Waals surface area (Å²) in [5.74, 6) is 1.43. The molecule has 0 aromatic carbocycles. The van der Waals surface area contributed by atoms with Crippen LogP contribution in [0.15, 0.2) is 0 Å². The van der Waals surface area contributed by atoms with Crippen molar-refractivity contribution in [1.82, 2.24) is 0 Å². The van der Waals surface area contributed by atoms with Crippen LogP contribution in [0.1, 0.15) is 40.0 Å². The van der Waals surface area contributed by atoms with Crippen molar-refractivity contribution in [3.8, 4) is 12.3 Å². The van der Waals surface area contributed by atoms with E-state index in [1.54, 1.807) is 0 Å². The van der Waals surface area contributed by atoms with Gasteiger partial charge in [0.25, 0.3) is 0 Å². The fraction of sp³-hybridized carbons (Fsp3) is 0.786.